The van der Waals surface area contributed by atoms with Crippen LogP contribution in [0.3, 0.4) is 0 Å². The topological polar surface area (TPSA) is 90.2 Å². The molecule has 9 heteroatoms. The maximum Gasteiger partial charge on any atom is 0.270 e. The number of hydrogen-bond acceptors (Lipinski definition) is 6. The van der Waals surface area contributed by atoms with Gasteiger partial charge in [-0.2, -0.15) is 0 Å². The number of carbonyl (C=O) groups is 2. The number of anilines is 1. The molecule has 0 saturated carbocycles. The number of carbonyl (C=O) groups excluding carboxylic acids is 2. The van der Waals surface area contributed by atoms with Crippen LogP contribution < -0.4 is 4.90 Å². The highest BCUT2D eigenvalue weighted by Gasteiger charge is 2.28. The maximum absolute atomic E-state index is 13.4. The Morgan fingerprint density at radius 1 is 1.00 bits per heavy atom. The van der Waals surface area contributed by atoms with Gasteiger partial charge in [-0.3, -0.25) is 24.6 Å². The summed E-state index contributed by atoms with van der Waals surface area (Å²) >= 11 is 0. The molecule has 1 aromatic rings. The van der Waals surface area contributed by atoms with E-state index >= 15 is 0 Å². The maximum atomic E-state index is 13.4. The van der Waals surface area contributed by atoms with E-state index in [9.17, 15) is 19.7 Å². The third-order valence-corrected chi connectivity index (χ3v) is 6.25. The number of nitrogens with zero attached hydrogens (tertiary/aromatic N) is 5. The number of piperazine rings is 1. The summed E-state index contributed by atoms with van der Waals surface area (Å²) < 4.78 is 0. The van der Waals surface area contributed by atoms with Crippen LogP contribution in [-0.2, 0) is 4.79 Å². The lowest BCUT2D eigenvalue weighted by Gasteiger charge is -2.36. The zero-order chi connectivity index (χ0) is 22.4. The normalized spacial score (nSPS) is 17.5. The predicted octanol–water partition coefficient (Wildman–Crippen LogP) is 2.21. The number of non-ortho nitro benzene ring substituents is 1. The molecule has 2 saturated heterocycles. The van der Waals surface area contributed by atoms with Crippen molar-refractivity contribution in [1.29, 1.82) is 0 Å². The first-order valence-corrected chi connectivity index (χ1v) is 11.3. The molecule has 2 heterocycles. The van der Waals surface area contributed by atoms with Gasteiger partial charge in [0, 0.05) is 64.5 Å². The first kappa shape index (κ1) is 23.0. The predicted molar refractivity (Wildman–Crippen MR) is 119 cm³/mol. The Morgan fingerprint density at radius 2 is 1.65 bits per heavy atom. The van der Waals surface area contributed by atoms with E-state index < -0.39 is 4.92 Å². The van der Waals surface area contributed by atoms with Crippen LogP contribution in [0.2, 0.25) is 0 Å². The fourth-order valence-electron chi connectivity index (χ4n) is 4.37. The largest absolute Gasteiger partial charge is 0.371 e. The quantitative estimate of drug-likeness (QED) is 0.486. The Hall–Kier alpha value is -2.68. The van der Waals surface area contributed by atoms with E-state index in [1.165, 1.54) is 18.6 Å². The highest BCUT2D eigenvalue weighted by Crippen LogP contribution is 2.29. The summed E-state index contributed by atoms with van der Waals surface area (Å²) in [6.07, 6.45) is 3.29. The Morgan fingerprint density at radius 3 is 2.23 bits per heavy atom. The van der Waals surface area contributed by atoms with Gasteiger partial charge in [0.05, 0.1) is 22.7 Å². The summed E-state index contributed by atoms with van der Waals surface area (Å²) in [7, 11) is 0. The van der Waals surface area contributed by atoms with E-state index in [2.05, 4.69) is 9.80 Å². The number of rotatable bonds is 7. The molecule has 0 radical (unpaired) electrons. The van der Waals surface area contributed by atoms with Gasteiger partial charge >= 0.3 is 0 Å². The molecule has 0 spiro atoms. The minimum Gasteiger partial charge on any atom is -0.371 e. The summed E-state index contributed by atoms with van der Waals surface area (Å²) in [5.41, 5.74) is 1.13. The number of likely N-dealkylation sites (N-methyl/N-ethyl adjacent to an activating group) is 1. The summed E-state index contributed by atoms with van der Waals surface area (Å²) in [5, 5.41) is 11.3. The molecule has 31 heavy (non-hydrogen) atoms. The highest BCUT2D eigenvalue weighted by atomic mass is 16.6. The SMILES string of the molecule is CCN(CC)C(=O)CN1CCN(C(=O)c2cc([N+](=O)[O-])ccc2N2CCCCC2)CC1. The van der Waals surface area contributed by atoms with Gasteiger partial charge in [0.1, 0.15) is 0 Å². The van der Waals surface area contributed by atoms with Crippen LogP contribution in [0.25, 0.3) is 0 Å². The fraction of sp³-hybridized carbons (Fsp3) is 0.636. The van der Waals surface area contributed by atoms with E-state index in [0.29, 0.717) is 51.4 Å². The van der Waals surface area contributed by atoms with Crippen LogP contribution in [0.15, 0.2) is 18.2 Å². The Balaban J connectivity index is 1.70. The van der Waals surface area contributed by atoms with Gasteiger partial charge in [-0.1, -0.05) is 0 Å². The summed E-state index contributed by atoms with van der Waals surface area (Å²) in [6.45, 7) is 9.66. The lowest BCUT2D eigenvalue weighted by Crippen LogP contribution is -2.51. The van der Waals surface area contributed by atoms with Crippen LogP contribution in [0.1, 0.15) is 43.5 Å². The van der Waals surface area contributed by atoms with E-state index in [4.69, 9.17) is 0 Å². The molecular weight excluding hydrogens is 398 g/mol. The molecule has 3 rings (SSSR count). The number of amides is 2. The standard InChI is InChI=1S/C22H33N5O4/c1-3-24(4-2)21(28)17-23-12-14-26(15-13-23)22(29)19-16-18(27(30)31)8-9-20(19)25-10-6-5-7-11-25/h8-9,16H,3-7,10-15,17H2,1-2H3. The van der Waals surface area contributed by atoms with Gasteiger partial charge in [0.25, 0.3) is 11.6 Å². The molecule has 0 N–H and O–H groups in total. The molecule has 0 unspecified atom stereocenters. The second-order valence-corrected chi connectivity index (χ2v) is 8.14. The molecule has 170 valence electrons. The van der Waals surface area contributed by atoms with Crippen LogP contribution in [0, 0.1) is 10.1 Å². The number of piperidine rings is 1. The number of benzene rings is 1. The number of nitro groups is 1. The Kier molecular flexibility index (Phi) is 7.84. The van der Waals surface area contributed by atoms with Crippen molar-refractivity contribution < 1.29 is 14.5 Å². The molecule has 1 aromatic carbocycles. The molecule has 2 aliphatic heterocycles. The van der Waals surface area contributed by atoms with E-state index in [1.807, 2.05) is 18.7 Å². The van der Waals surface area contributed by atoms with Crippen molar-refractivity contribution in [3.63, 3.8) is 0 Å². The number of hydrogen-bond donors (Lipinski definition) is 0. The second-order valence-electron chi connectivity index (χ2n) is 8.14. The molecule has 0 aromatic heterocycles. The molecular formula is C22H33N5O4. The molecule has 2 amide bonds. The van der Waals surface area contributed by atoms with Crippen molar-refractivity contribution in [1.82, 2.24) is 14.7 Å². The van der Waals surface area contributed by atoms with Gasteiger partial charge < -0.3 is 14.7 Å². The average molecular weight is 432 g/mol. The smallest absolute Gasteiger partial charge is 0.270 e. The third-order valence-electron chi connectivity index (χ3n) is 6.25. The lowest BCUT2D eigenvalue weighted by atomic mass is 10.0. The van der Waals surface area contributed by atoms with E-state index in [0.717, 1.165) is 31.6 Å². The minimum atomic E-state index is -0.451. The van der Waals surface area contributed by atoms with Crippen molar-refractivity contribution in [3.8, 4) is 0 Å². The highest BCUT2D eigenvalue weighted by molar-refractivity contribution is 6.00. The van der Waals surface area contributed by atoms with Crippen molar-refractivity contribution in [2.45, 2.75) is 33.1 Å². The van der Waals surface area contributed by atoms with Crippen LogP contribution in [0.5, 0.6) is 0 Å². The first-order valence-electron chi connectivity index (χ1n) is 11.3. The van der Waals surface area contributed by atoms with Crippen LogP contribution in [-0.4, -0.2) is 90.3 Å². The average Bonchev–Trinajstić information content (AvgIpc) is 2.80. The molecule has 0 atom stereocenters. The van der Waals surface area contributed by atoms with Gasteiger partial charge in [0.2, 0.25) is 5.91 Å². The third kappa shape index (κ3) is 5.52. The fourth-order valence-corrected chi connectivity index (χ4v) is 4.37. The Labute approximate surface area is 183 Å². The van der Waals surface area contributed by atoms with E-state index in [-0.39, 0.29) is 17.5 Å². The van der Waals surface area contributed by atoms with Crippen LogP contribution >= 0.6 is 0 Å². The molecule has 2 fully saturated rings. The van der Waals surface area contributed by atoms with Gasteiger partial charge in [0.15, 0.2) is 0 Å². The molecule has 0 aliphatic carbocycles. The van der Waals surface area contributed by atoms with E-state index in [1.54, 1.807) is 11.0 Å². The monoisotopic (exact) mass is 431 g/mol. The van der Waals surface area contributed by atoms with Crippen molar-refractivity contribution in [2.75, 3.05) is 63.8 Å². The van der Waals surface area contributed by atoms with Gasteiger partial charge in [-0.05, 0) is 39.2 Å². The van der Waals surface area contributed by atoms with Crippen molar-refractivity contribution in [3.05, 3.63) is 33.9 Å². The van der Waals surface area contributed by atoms with Crippen molar-refractivity contribution in [2.24, 2.45) is 0 Å². The Bertz CT molecular complexity index is 797. The molecule has 9 nitrogen and oxygen atoms in total. The number of nitro benzene ring substituents is 1. The second kappa shape index (κ2) is 10.6. The van der Waals surface area contributed by atoms with Gasteiger partial charge in [-0.25, -0.2) is 0 Å². The zero-order valence-corrected chi connectivity index (χ0v) is 18.6. The minimum absolute atomic E-state index is 0.0624. The summed E-state index contributed by atoms with van der Waals surface area (Å²) in [4.78, 5) is 44.4. The summed E-state index contributed by atoms with van der Waals surface area (Å²) in [6, 6.07) is 4.62. The lowest BCUT2D eigenvalue weighted by molar-refractivity contribution is -0.384. The first-order chi connectivity index (χ1) is 14.9. The van der Waals surface area contributed by atoms with Crippen LogP contribution in [0.4, 0.5) is 11.4 Å². The van der Waals surface area contributed by atoms with Gasteiger partial charge in [-0.15, -0.1) is 0 Å². The molecule has 2 aliphatic rings. The van der Waals surface area contributed by atoms with Crippen molar-refractivity contribution >= 4 is 23.2 Å². The summed E-state index contributed by atoms with van der Waals surface area (Å²) in [5.74, 6) is -0.0603. The zero-order valence-electron chi connectivity index (χ0n) is 18.6. The molecule has 0 bridgehead atoms.